The minimum atomic E-state index is -0.388. The minimum absolute atomic E-state index is 0.388. The van der Waals surface area contributed by atoms with E-state index in [1.807, 2.05) is 18.2 Å². The molecule has 3 aromatic rings. The first-order chi connectivity index (χ1) is 11.2. The van der Waals surface area contributed by atoms with Gasteiger partial charge in [0.25, 0.3) is 5.69 Å². The van der Waals surface area contributed by atoms with Crippen LogP contribution in [0, 0.1) is 11.5 Å². The maximum atomic E-state index is 11.9. The Kier molecular flexibility index (Phi) is 5.37. The predicted molar refractivity (Wildman–Crippen MR) is 85.4 cm³/mol. The van der Waals surface area contributed by atoms with Crippen molar-refractivity contribution in [2.75, 3.05) is 0 Å². The molecule has 0 saturated heterocycles. The van der Waals surface area contributed by atoms with Crippen LogP contribution in [0.25, 0.3) is 22.1 Å². The van der Waals surface area contributed by atoms with Crippen LogP contribution >= 0.6 is 11.6 Å². The van der Waals surface area contributed by atoms with Crippen LogP contribution in [-0.2, 0) is 0 Å². The molecule has 0 bridgehead atoms. The van der Waals surface area contributed by atoms with E-state index in [4.69, 9.17) is 26.7 Å². The Morgan fingerprint density at radius 2 is 2.04 bits per heavy atom. The van der Waals surface area contributed by atoms with E-state index < -0.39 is 0 Å². The van der Waals surface area contributed by atoms with Crippen molar-refractivity contribution in [3.63, 3.8) is 0 Å². The van der Waals surface area contributed by atoms with E-state index in [1.165, 1.54) is 12.2 Å². The summed E-state index contributed by atoms with van der Waals surface area (Å²) in [5, 5.41) is 16.3. The van der Waals surface area contributed by atoms with Gasteiger partial charge in [0.15, 0.2) is 12.4 Å². The maximum absolute atomic E-state index is 11.9. The van der Waals surface area contributed by atoms with Gasteiger partial charge in [0.1, 0.15) is 10.6 Å². The predicted octanol–water partition coefficient (Wildman–Crippen LogP) is 2.93. The number of fused-ring (bicyclic) bond motifs is 1. The molecule has 0 unspecified atom stereocenters. The number of rotatable bonds is 1. The Morgan fingerprint density at radius 3 is 2.70 bits per heavy atom. The van der Waals surface area contributed by atoms with E-state index in [2.05, 4.69) is 4.99 Å². The molecule has 112 valence electrons. The Bertz CT molecular complexity index is 985. The number of nitriles is 1. The van der Waals surface area contributed by atoms with Gasteiger partial charge in [0, 0.05) is 17.5 Å². The van der Waals surface area contributed by atoms with Crippen molar-refractivity contribution in [3.8, 4) is 11.9 Å². The number of nitrogens with zero attached hydrogens (tertiary/aromatic N) is 4. The smallest absolute Gasteiger partial charge is 0.409 e. The number of aromatic nitrogens is 1. The molecule has 0 spiro atoms. The highest BCUT2D eigenvalue weighted by Crippen LogP contribution is 2.12. The van der Waals surface area contributed by atoms with Crippen LogP contribution in [0.3, 0.4) is 0 Å². The minimum Gasteiger partial charge on any atom is -0.422 e. The van der Waals surface area contributed by atoms with E-state index in [0.29, 0.717) is 16.3 Å². The second-order valence-electron chi connectivity index (χ2n) is 4.20. The molecule has 7 heteroatoms. The zero-order valence-corrected chi connectivity index (χ0v) is 12.4. The third-order valence-corrected chi connectivity index (χ3v) is 2.99. The van der Waals surface area contributed by atoms with Crippen LogP contribution < -0.4 is 10.2 Å². The third-order valence-electron chi connectivity index (χ3n) is 2.77. The molecule has 0 saturated carbocycles. The van der Waals surface area contributed by atoms with Gasteiger partial charge < -0.3 is 14.8 Å². The summed E-state index contributed by atoms with van der Waals surface area (Å²) in [6.07, 6.45) is 4.71. The summed E-state index contributed by atoms with van der Waals surface area (Å²) in [7, 11) is 0. The van der Waals surface area contributed by atoms with E-state index in [-0.39, 0.29) is 5.63 Å². The van der Waals surface area contributed by atoms with Crippen molar-refractivity contribution in [3.05, 3.63) is 75.7 Å². The monoisotopic (exact) mass is 324 g/mol. The topological polar surface area (TPSA) is 92.5 Å². The quantitative estimate of drug-likeness (QED) is 0.298. The average Bonchev–Trinajstić information content (AvgIpc) is 2.55. The van der Waals surface area contributed by atoms with Crippen LogP contribution in [0.15, 0.2) is 69.1 Å². The largest absolute Gasteiger partial charge is 0.422 e. The number of para-hydroxylation sites is 1. The Morgan fingerprint density at radius 1 is 1.26 bits per heavy atom. The first-order valence-electron chi connectivity index (χ1n) is 6.33. The average molecular weight is 325 g/mol. The lowest BCUT2D eigenvalue weighted by molar-refractivity contribution is -0.597. The van der Waals surface area contributed by atoms with Crippen molar-refractivity contribution in [1.82, 2.24) is 0 Å². The standard InChI is InChI=1S/C14H9ClNO2.C2N3/c15-11-5-3-7-16(9-11)12-8-10-4-1-2-6-13(10)18-14(12)17;3-1-5-2-4/h1-9H;/q+1;-1. The molecule has 6 nitrogen and oxygen atoms in total. The number of benzene rings is 1. The van der Waals surface area contributed by atoms with Crippen LogP contribution in [0.4, 0.5) is 0 Å². The Balaban J connectivity index is 0.000000338. The second-order valence-corrected chi connectivity index (χ2v) is 4.63. The van der Waals surface area contributed by atoms with E-state index >= 15 is 0 Å². The third kappa shape index (κ3) is 4.11. The Labute approximate surface area is 136 Å². The van der Waals surface area contributed by atoms with E-state index in [1.54, 1.807) is 41.2 Å². The van der Waals surface area contributed by atoms with Crippen molar-refractivity contribution >= 4 is 28.6 Å². The van der Waals surface area contributed by atoms with Gasteiger partial charge in [0.05, 0.1) is 6.19 Å². The molecule has 0 aliphatic carbocycles. The molecular formula is C16H9ClN4O2. The van der Waals surface area contributed by atoms with E-state index in [0.717, 1.165) is 5.39 Å². The fourth-order valence-electron chi connectivity index (χ4n) is 1.85. The molecule has 0 atom stereocenters. The van der Waals surface area contributed by atoms with Gasteiger partial charge >= 0.3 is 5.63 Å². The zero-order valence-electron chi connectivity index (χ0n) is 11.7. The Hall–Kier alpha value is -3.26. The lowest BCUT2D eigenvalue weighted by Crippen LogP contribution is -2.35. The molecule has 2 heterocycles. The SMILES string of the molecule is N#CN=C=[N-].O=c1oc2ccccc2cc1-[n+]1cccc(Cl)c1. The summed E-state index contributed by atoms with van der Waals surface area (Å²) in [4.78, 5) is 14.5. The molecule has 0 aliphatic rings. The van der Waals surface area contributed by atoms with Gasteiger partial charge in [0.2, 0.25) is 0 Å². The number of hydrogen-bond donors (Lipinski definition) is 0. The highest BCUT2D eigenvalue weighted by Gasteiger charge is 2.14. The van der Waals surface area contributed by atoms with Crippen molar-refractivity contribution < 1.29 is 8.98 Å². The lowest BCUT2D eigenvalue weighted by atomic mass is 10.2. The molecule has 0 radical (unpaired) electrons. The molecular weight excluding hydrogens is 316 g/mol. The molecule has 2 aromatic heterocycles. The molecule has 1 aromatic carbocycles. The van der Waals surface area contributed by atoms with Gasteiger partial charge in [-0.1, -0.05) is 29.8 Å². The van der Waals surface area contributed by atoms with Crippen molar-refractivity contribution in [2.24, 2.45) is 4.99 Å². The molecule has 0 N–H and O–H groups in total. The second kappa shape index (κ2) is 7.66. The number of halogens is 1. The summed E-state index contributed by atoms with van der Waals surface area (Å²) in [6, 6.07) is 14.0. The van der Waals surface area contributed by atoms with Crippen LogP contribution in [0.2, 0.25) is 5.02 Å². The fraction of sp³-hybridized carbons (Fsp3) is 0. The summed E-state index contributed by atoms with van der Waals surface area (Å²) in [6.45, 7) is 0. The highest BCUT2D eigenvalue weighted by molar-refractivity contribution is 6.30. The van der Waals surface area contributed by atoms with Gasteiger partial charge in [-0.05, 0) is 12.1 Å². The van der Waals surface area contributed by atoms with Gasteiger partial charge in [-0.2, -0.15) is 9.83 Å². The fourth-order valence-corrected chi connectivity index (χ4v) is 2.03. The highest BCUT2D eigenvalue weighted by atomic mass is 35.5. The number of pyridine rings is 1. The summed E-state index contributed by atoms with van der Waals surface area (Å²) >= 11 is 5.91. The lowest BCUT2D eigenvalue weighted by Gasteiger charge is -1.97. The van der Waals surface area contributed by atoms with Gasteiger partial charge in [-0.15, -0.1) is 6.01 Å². The van der Waals surface area contributed by atoms with Crippen LogP contribution in [-0.4, -0.2) is 6.01 Å². The summed E-state index contributed by atoms with van der Waals surface area (Å²) in [5.74, 6) is 0. The molecule has 0 fully saturated rings. The van der Waals surface area contributed by atoms with E-state index in [9.17, 15) is 4.79 Å². The van der Waals surface area contributed by atoms with Crippen molar-refractivity contribution in [2.45, 2.75) is 0 Å². The van der Waals surface area contributed by atoms with Crippen molar-refractivity contribution in [1.29, 1.82) is 5.26 Å². The summed E-state index contributed by atoms with van der Waals surface area (Å²) in [5.41, 5.74) is 0.631. The normalized spacial score (nSPS) is 9.22. The first-order valence-corrected chi connectivity index (χ1v) is 6.71. The molecule has 0 aliphatic heterocycles. The maximum Gasteiger partial charge on any atom is 0.409 e. The molecule has 23 heavy (non-hydrogen) atoms. The summed E-state index contributed by atoms with van der Waals surface area (Å²) < 4.78 is 6.92. The van der Waals surface area contributed by atoms with Gasteiger partial charge in [-0.3, -0.25) is 0 Å². The number of hydrogen-bond acceptors (Lipinski definition) is 4. The molecule has 3 rings (SSSR count). The molecule has 0 amide bonds. The van der Waals surface area contributed by atoms with Gasteiger partial charge in [-0.25, -0.2) is 4.79 Å². The van der Waals surface area contributed by atoms with Crippen LogP contribution in [0.1, 0.15) is 0 Å². The number of aliphatic imine (C=N–C) groups is 1. The van der Waals surface area contributed by atoms with Crippen LogP contribution in [0.5, 0.6) is 0 Å². The first kappa shape index (κ1) is 16.1. The zero-order chi connectivity index (χ0) is 16.7.